The highest BCUT2D eigenvalue weighted by Crippen LogP contribution is 2.05. The van der Waals surface area contributed by atoms with E-state index in [0.717, 1.165) is 45.9 Å². The normalized spacial score (nSPS) is 21.1. The molecule has 2 aliphatic heterocycles. The van der Waals surface area contributed by atoms with Crippen LogP contribution < -0.4 is 10.6 Å². The molecule has 0 saturated carbocycles. The molecule has 2 unspecified atom stereocenters. The highest BCUT2D eigenvalue weighted by molar-refractivity contribution is 7.18. The maximum absolute atomic E-state index is 10.7. The second-order valence-corrected chi connectivity index (χ2v) is 13.8. The first-order valence-electron chi connectivity index (χ1n) is 8.06. The van der Waals surface area contributed by atoms with E-state index in [1.54, 1.807) is 0 Å². The number of rotatable bonds is 2. The van der Waals surface area contributed by atoms with Crippen molar-refractivity contribution >= 4 is 42.8 Å². The fraction of sp³-hybridized carbons (Fsp3) is 0.867. The van der Waals surface area contributed by atoms with Crippen molar-refractivity contribution in [2.24, 2.45) is 0 Å². The Kier molecular flexibility index (Phi) is 20.0. The molecule has 10 heteroatoms. The summed E-state index contributed by atoms with van der Waals surface area (Å²) < 4.78 is 4.53. The number of esters is 1. The van der Waals surface area contributed by atoms with Gasteiger partial charge in [-0.25, -0.2) is 0 Å². The second-order valence-electron chi connectivity index (χ2n) is 6.23. The van der Waals surface area contributed by atoms with E-state index < -0.39 is 13.4 Å². The topological polar surface area (TPSA) is 108 Å². The number of hydrogen-bond donors (Lipinski definition) is 4. The van der Waals surface area contributed by atoms with Crippen molar-refractivity contribution < 1.29 is 24.5 Å². The Balaban J connectivity index is -0.000000281. The summed E-state index contributed by atoms with van der Waals surface area (Å²) in [6.07, 6.45) is 3.79. The van der Waals surface area contributed by atoms with Gasteiger partial charge in [0.15, 0.2) is 0 Å². The van der Waals surface area contributed by atoms with E-state index >= 15 is 0 Å². The number of carboxylic acids is 1. The van der Waals surface area contributed by atoms with E-state index in [9.17, 15) is 9.59 Å². The molecule has 0 aliphatic carbocycles. The lowest BCUT2D eigenvalue weighted by Crippen LogP contribution is -2.31. The van der Waals surface area contributed by atoms with Crippen LogP contribution in [0, 0.1) is 0 Å². The van der Waals surface area contributed by atoms with Crippen LogP contribution in [0.2, 0.25) is 19.6 Å². The number of aliphatic hydroxyl groups is 1. The van der Waals surface area contributed by atoms with Crippen LogP contribution in [0.4, 0.5) is 0 Å². The minimum atomic E-state index is -1.14. The molecule has 0 aromatic heterocycles. The fourth-order valence-corrected chi connectivity index (χ4v) is 1.92. The Morgan fingerprint density at radius 3 is 1.60 bits per heavy atom. The van der Waals surface area contributed by atoms with Gasteiger partial charge in [0.1, 0.15) is 19.5 Å². The van der Waals surface area contributed by atoms with Crippen LogP contribution in [-0.4, -0.2) is 68.9 Å². The van der Waals surface area contributed by atoms with Crippen molar-refractivity contribution in [2.45, 2.75) is 57.4 Å². The predicted molar refractivity (Wildman–Crippen MR) is 106 cm³/mol. The lowest BCUT2D eigenvalue weighted by atomic mass is 10.2. The smallest absolute Gasteiger partial charge is 0.322 e. The molecule has 0 aromatic rings. The SMILES string of the molecule is CO.COC(=O)C1CCCN1.C[Si](C)(C)Cl.Cl.O=C(O)C1CCCN1. The van der Waals surface area contributed by atoms with E-state index in [1.807, 2.05) is 0 Å². The molecule has 152 valence electrons. The van der Waals surface area contributed by atoms with Crippen molar-refractivity contribution in [1.82, 2.24) is 10.6 Å². The Labute approximate surface area is 163 Å². The van der Waals surface area contributed by atoms with Gasteiger partial charge in [-0.2, -0.15) is 11.1 Å². The third kappa shape index (κ3) is 19.8. The number of nitrogens with one attached hydrogen (secondary N) is 2. The molecule has 0 spiro atoms. The van der Waals surface area contributed by atoms with E-state index in [-0.39, 0.29) is 30.5 Å². The van der Waals surface area contributed by atoms with E-state index in [0.29, 0.717) is 0 Å². The van der Waals surface area contributed by atoms with Crippen molar-refractivity contribution in [3.8, 4) is 0 Å². The fourth-order valence-electron chi connectivity index (χ4n) is 1.92. The number of ether oxygens (including phenoxy) is 1. The van der Waals surface area contributed by atoms with Crippen LogP contribution in [0.25, 0.3) is 0 Å². The minimum absolute atomic E-state index is 0. The molecule has 7 nitrogen and oxygen atoms in total. The van der Waals surface area contributed by atoms with Crippen molar-refractivity contribution in [1.29, 1.82) is 0 Å². The zero-order valence-corrected chi connectivity index (χ0v) is 18.4. The first kappa shape index (κ1) is 29.4. The number of carboxylic acid groups (broad SMARTS) is 1. The lowest BCUT2D eigenvalue weighted by Gasteiger charge is -2.04. The van der Waals surface area contributed by atoms with Gasteiger partial charge >= 0.3 is 11.9 Å². The summed E-state index contributed by atoms with van der Waals surface area (Å²) in [5.41, 5.74) is 0. The molecule has 0 radical (unpaired) electrons. The number of methoxy groups -OCH3 is 1. The van der Waals surface area contributed by atoms with Gasteiger partial charge in [0.05, 0.1) is 7.11 Å². The molecule has 25 heavy (non-hydrogen) atoms. The van der Waals surface area contributed by atoms with Gasteiger partial charge in [-0.3, -0.25) is 9.59 Å². The van der Waals surface area contributed by atoms with Gasteiger partial charge in [0, 0.05) is 7.11 Å². The number of carbonyl (C=O) groups excluding carboxylic acids is 1. The lowest BCUT2D eigenvalue weighted by molar-refractivity contribution is -0.142. The third-order valence-electron chi connectivity index (χ3n) is 2.90. The second kappa shape index (κ2) is 17.1. The molecule has 2 saturated heterocycles. The molecule has 2 aliphatic rings. The summed E-state index contributed by atoms with van der Waals surface area (Å²) in [4.78, 5) is 20.9. The summed E-state index contributed by atoms with van der Waals surface area (Å²) in [6.45, 7) is 8.08. The van der Waals surface area contributed by atoms with Gasteiger partial charge in [0.2, 0.25) is 0 Å². The minimum Gasteiger partial charge on any atom is -0.480 e. The van der Waals surface area contributed by atoms with E-state index in [4.69, 9.17) is 21.3 Å². The molecular formula is C15H34Cl2N2O5Si. The third-order valence-corrected chi connectivity index (χ3v) is 2.90. The predicted octanol–water partition coefficient (Wildman–Crippen LogP) is 1.82. The maximum atomic E-state index is 10.7. The summed E-state index contributed by atoms with van der Waals surface area (Å²) >= 11 is 5.67. The zero-order valence-electron chi connectivity index (χ0n) is 15.8. The summed E-state index contributed by atoms with van der Waals surface area (Å²) in [5.74, 6) is -0.852. The van der Waals surface area contributed by atoms with Gasteiger partial charge < -0.3 is 25.6 Å². The molecule has 2 fully saturated rings. The van der Waals surface area contributed by atoms with E-state index in [1.165, 1.54) is 7.11 Å². The average molecular weight is 421 g/mol. The number of aliphatic carboxylic acids is 1. The van der Waals surface area contributed by atoms with Crippen molar-refractivity contribution in [3.63, 3.8) is 0 Å². The number of hydrogen-bond acceptors (Lipinski definition) is 6. The van der Waals surface area contributed by atoms with Gasteiger partial charge in [-0.1, -0.05) is 19.6 Å². The maximum Gasteiger partial charge on any atom is 0.322 e. The van der Waals surface area contributed by atoms with E-state index in [2.05, 4.69) is 35.0 Å². The number of carbonyl (C=O) groups is 2. The Bertz CT molecular complexity index is 339. The molecule has 0 bridgehead atoms. The monoisotopic (exact) mass is 420 g/mol. The van der Waals surface area contributed by atoms with Crippen LogP contribution in [0.5, 0.6) is 0 Å². The van der Waals surface area contributed by atoms with Gasteiger partial charge in [0.25, 0.3) is 0 Å². The zero-order chi connectivity index (χ0) is 19.2. The highest BCUT2D eigenvalue weighted by atomic mass is 35.6. The molecule has 0 amide bonds. The quantitative estimate of drug-likeness (QED) is 0.306. The first-order chi connectivity index (χ1) is 11.1. The number of halogens is 2. The van der Waals surface area contributed by atoms with Crippen LogP contribution in [0.1, 0.15) is 25.7 Å². The summed E-state index contributed by atoms with van der Waals surface area (Å²) in [7, 11) is 1.28. The van der Waals surface area contributed by atoms with Crippen molar-refractivity contribution in [3.05, 3.63) is 0 Å². The molecule has 2 rings (SSSR count). The van der Waals surface area contributed by atoms with Crippen molar-refractivity contribution in [2.75, 3.05) is 27.3 Å². The largest absolute Gasteiger partial charge is 0.480 e. The molecule has 4 N–H and O–H groups in total. The molecule has 2 heterocycles. The summed E-state index contributed by atoms with van der Waals surface area (Å²) in [5, 5.41) is 21.2. The molecule has 2 atom stereocenters. The Hall–Kier alpha value is -0.383. The molecule has 0 aromatic carbocycles. The van der Waals surface area contributed by atoms with Crippen LogP contribution in [0.15, 0.2) is 0 Å². The molecular weight excluding hydrogens is 387 g/mol. The van der Waals surface area contributed by atoms with Crippen LogP contribution >= 0.6 is 23.5 Å². The van der Waals surface area contributed by atoms with Gasteiger partial charge in [-0.15, -0.1) is 12.4 Å². The first-order valence-corrected chi connectivity index (χ1v) is 12.6. The Morgan fingerprint density at radius 1 is 1.04 bits per heavy atom. The summed E-state index contributed by atoms with van der Waals surface area (Å²) in [6, 6.07) is -0.301. The Morgan fingerprint density at radius 2 is 1.40 bits per heavy atom. The average Bonchev–Trinajstić information content (AvgIpc) is 3.20. The van der Waals surface area contributed by atoms with Crippen LogP contribution in [0.3, 0.4) is 0 Å². The van der Waals surface area contributed by atoms with Crippen LogP contribution in [-0.2, 0) is 14.3 Å². The highest BCUT2D eigenvalue weighted by Gasteiger charge is 2.22. The standard InChI is InChI=1S/C6H11NO2.C5H9NO2.C3H9ClSi.CH4O.ClH/c1-9-6(8)5-3-2-4-7-5;7-5(8)4-2-1-3-6-4;1-5(2,3)4;1-2;/h5,7H,2-4H2,1H3;4,6H,1-3H2,(H,7,8);1-3H3;2H,1H3;1H. The number of aliphatic hydroxyl groups excluding tert-OH is 1. The van der Waals surface area contributed by atoms with Gasteiger partial charge in [-0.05, 0) is 38.8 Å².